The molecule has 4 aromatic carbocycles. The second-order valence-corrected chi connectivity index (χ2v) is 8.55. The molecular weight excluding hydrogens is 390 g/mol. The first-order chi connectivity index (χ1) is 15.7. The van der Waals surface area contributed by atoms with Gasteiger partial charge in [0.15, 0.2) is 0 Å². The Labute approximate surface area is 190 Å². The summed E-state index contributed by atoms with van der Waals surface area (Å²) in [6.07, 6.45) is 0.876. The minimum Gasteiger partial charge on any atom is -0.330 e. The van der Waals surface area contributed by atoms with E-state index in [0.717, 1.165) is 23.1 Å². The number of benzene rings is 4. The van der Waals surface area contributed by atoms with E-state index in [9.17, 15) is 4.79 Å². The lowest BCUT2D eigenvalue weighted by Gasteiger charge is -2.40. The fraction of sp³-hybridized carbons (Fsp3) is 0.167. The van der Waals surface area contributed by atoms with Crippen LogP contribution in [0.4, 0.5) is 0 Å². The number of aryl methyl sites for hydroxylation is 1. The number of fused-ring (bicyclic) bond motifs is 1. The molecule has 0 saturated heterocycles. The van der Waals surface area contributed by atoms with Crippen LogP contribution >= 0.6 is 0 Å². The maximum absolute atomic E-state index is 14.3. The Bertz CT molecular complexity index is 1160. The number of nitrogens with zero attached hydrogens (tertiary/aromatic N) is 1. The summed E-state index contributed by atoms with van der Waals surface area (Å²) < 4.78 is 0. The van der Waals surface area contributed by atoms with Crippen molar-refractivity contribution in [3.63, 3.8) is 0 Å². The van der Waals surface area contributed by atoms with E-state index in [4.69, 9.17) is 0 Å². The van der Waals surface area contributed by atoms with Crippen molar-refractivity contribution in [1.82, 2.24) is 4.90 Å². The third kappa shape index (κ3) is 3.85. The Morgan fingerprint density at radius 3 is 1.94 bits per heavy atom. The first-order valence-corrected chi connectivity index (χ1v) is 11.3. The zero-order valence-corrected chi connectivity index (χ0v) is 18.3. The number of amides is 1. The molecule has 5 rings (SSSR count). The zero-order valence-electron chi connectivity index (χ0n) is 18.3. The molecule has 0 aromatic heterocycles. The van der Waals surface area contributed by atoms with Crippen molar-refractivity contribution in [2.45, 2.75) is 25.3 Å². The van der Waals surface area contributed by atoms with Gasteiger partial charge in [0.25, 0.3) is 0 Å². The van der Waals surface area contributed by atoms with Gasteiger partial charge in [0.2, 0.25) is 5.91 Å². The average molecular weight is 418 g/mol. The number of rotatable bonds is 4. The minimum absolute atomic E-state index is 0.0806. The fourth-order valence-corrected chi connectivity index (χ4v) is 4.85. The SMILES string of the molecule is Cc1ccc(C2c3ccccc3CCN2C(=O)C(c2ccccc2)c2ccccc2)cc1. The molecular formula is C30H27NO. The van der Waals surface area contributed by atoms with Gasteiger partial charge in [-0.05, 0) is 41.2 Å². The van der Waals surface area contributed by atoms with E-state index in [1.54, 1.807) is 0 Å². The monoisotopic (exact) mass is 417 g/mol. The number of hydrogen-bond donors (Lipinski definition) is 0. The van der Waals surface area contributed by atoms with Gasteiger partial charge >= 0.3 is 0 Å². The highest BCUT2D eigenvalue weighted by Gasteiger charge is 2.36. The van der Waals surface area contributed by atoms with Crippen LogP contribution in [0.1, 0.15) is 45.3 Å². The highest BCUT2D eigenvalue weighted by Crippen LogP contribution is 2.38. The second-order valence-electron chi connectivity index (χ2n) is 8.55. The maximum Gasteiger partial charge on any atom is 0.235 e. The number of carbonyl (C=O) groups excluding carboxylic acids is 1. The van der Waals surface area contributed by atoms with Crippen LogP contribution in [0.25, 0.3) is 0 Å². The predicted molar refractivity (Wildman–Crippen MR) is 130 cm³/mol. The summed E-state index contributed by atoms with van der Waals surface area (Å²) in [4.78, 5) is 16.4. The molecule has 32 heavy (non-hydrogen) atoms. The lowest BCUT2D eigenvalue weighted by atomic mass is 9.84. The first-order valence-electron chi connectivity index (χ1n) is 11.3. The van der Waals surface area contributed by atoms with Crippen molar-refractivity contribution in [3.05, 3.63) is 143 Å². The van der Waals surface area contributed by atoms with Crippen molar-refractivity contribution in [3.8, 4) is 0 Å². The minimum atomic E-state index is -0.324. The highest BCUT2D eigenvalue weighted by molar-refractivity contribution is 5.88. The van der Waals surface area contributed by atoms with Gasteiger partial charge in [0, 0.05) is 6.54 Å². The van der Waals surface area contributed by atoms with Crippen LogP contribution in [0.5, 0.6) is 0 Å². The standard InChI is InChI=1S/C30H27NO/c1-22-16-18-26(19-17-22)29-27-15-9-8-10-23(27)20-21-31(29)30(32)28(24-11-4-2-5-12-24)25-13-6-3-7-14-25/h2-19,28-29H,20-21H2,1H3. The molecule has 2 heteroatoms. The largest absolute Gasteiger partial charge is 0.330 e. The van der Waals surface area contributed by atoms with Crippen LogP contribution in [0.15, 0.2) is 109 Å². The smallest absolute Gasteiger partial charge is 0.235 e. The van der Waals surface area contributed by atoms with Gasteiger partial charge in [0.05, 0.1) is 12.0 Å². The van der Waals surface area contributed by atoms with Gasteiger partial charge in [-0.3, -0.25) is 4.79 Å². The Balaban J connectivity index is 1.62. The molecule has 0 spiro atoms. The van der Waals surface area contributed by atoms with E-state index in [0.29, 0.717) is 6.54 Å². The molecule has 0 bridgehead atoms. The molecule has 158 valence electrons. The Morgan fingerprint density at radius 1 is 0.750 bits per heavy atom. The molecule has 1 unspecified atom stereocenters. The lowest BCUT2D eigenvalue weighted by molar-refractivity contribution is -0.134. The molecule has 4 aromatic rings. The first kappa shape index (κ1) is 20.3. The molecule has 0 N–H and O–H groups in total. The van der Waals surface area contributed by atoms with E-state index >= 15 is 0 Å². The summed E-state index contributed by atoms with van der Waals surface area (Å²) in [5.74, 6) is -0.168. The van der Waals surface area contributed by atoms with Crippen LogP contribution in [-0.4, -0.2) is 17.4 Å². The third-order valence-corrected chi connectivity index (χ3v) is 6.47. The summed E-state index contributed by atoms with van der Waals surface area (Å²) >= 11 is 0. The molecule has 1 aliphatic rings. The molecule has 2 nitrogen and oxygen atoms in total. The molecule has 1 heterocycles. The fourth-order valence-electron chi connectivity index (χ4n) is 4.85. The molecule has 1 aliphatic heterocycles. The molecule has 0 radical (unpaired) electrons. The predicted octanol–water partition coefficient (Wildman–Crippen LogP) is 6.30. The number of hydrogen-bond acceptors (Lipinski definition) is 1. The second kappa shape index (κ2) is 8.84. The van der Waals surface area contributed by atoms with Crippen molar-refractivity contribution in [1.29, 1.82) is 0 Å². The Morgan fingerprint density at radius 2 is 1.31 bits per heavy atom. The third-order valence-electron chi connectivity index (χ3n) is 6.47. The van der Waals surface area contributed by atoms with Gasteiger partial charge in [-0.2, -0.15) is 0 Å². The van der Waals surface area contributed by atoms with Crippen LogP contribution in [0.3, 0.4) is 0 Å². The Hall–Kier alpha value is -3.65. The van der Waals surface area contributed by atoms with Crippen molar-refractivity contribution >= 4 is 5.91 Å². The Kier molecular flexibility index (Phi) is 5.60. The maximum atomic E-state index is 14.3. The van der Waals surface area contributed by atoms with E-state index < -0.39 is 0 Å². The molecule has 1 amide bonds. The van der Waals surface area contributed by atoms with Gasteiger partial charge in [0.1, 0.15) is 0 Å². The van der Waals surface area contributed by atoms with E-state index in [-0.39, 0.29) is 17.9 Å². The van der Waals surface area contributed by atoms with Crippen molar-refractivity contribution in [2.75, 3.05) is 6.54 Å². The number of carbonyl (C=O) groups is 1. The van der Waals surface area contributed by atoms with Crippen LogP contribution in [0.2, 0.25) is 0 Å². The van der Waals surface area contributed by atoms with E-state index in [1.807, 2.05) is 36.4 Å². The quantitative estimate of drug-likeness (QED) is 0.381. The highest BCUT2D eigenvalue weighted by atomic mass is 16.2. The van der Waals surface area contributed by atoms with Crippen LogP contribution in [0, 0.1) is 6.92 Å². The summed E-state index contributed by atoms with van der Waals surface area (Å²) in [6.45, 7) is 2.81. The van der Waals surface area contributed by atoms with Crippen molar-refractivity contribution < 1.29 is 4.79 Å². The van der Waals surface area contributed by atoms with E-state index in [2.05, 4.69) is 84.6 Å². The van der Waals surface area contributed by atoms with Gasteiger partial charge in [-0.1, -0.05) is 115 Å². The molecule has 0 aliphatic carbocycles. The molecule has 0 fully saturated rings. The topological polar surface area (TPSA) is 20.3 Å². The van der Waals surface area contributed by atoms with Crippen LogP contribution < -0.4 is 0 Å². The van der Waals surface area contributed by atoms with Crippen LogP contribution in [-0.2, 0) is 11.2 Å². The van der Waals surface area contributed by atoms with Crippen molar-refractivity contribution in [2.24, 2.45) is 0 Å². The summed E-state index contributed by atoms with van der Waals surface area (Å²) in [6, 6.07) is 37.4. The molecule has 1 atom stereocenters. The summed E-state index contributed by atoms with van der Waals surface area (Å²) in [5.41, 5.74) is 7.02. The molecule has 0 saturated carbocycles. The summed E-state index contributed by atoms with van der Waals surface area (Å²) in [5, 5.41) is 0. The zero-order chi connectivity index (χ0) is 21.9. The van der Waals surface area contributed by atoms with E-state index in [1.165, 1.54) is 16.7 Å². The summed E-state index contributed by atoms with van der Waals surface area (Å²) in [7, 11) is 0. The van der Waals surface area contributed by atoms with Gasteiger partial charge in [-0.25, -0.2) is 0 Å². The average Bonchev–Trinajstić information content (AvgIpc) is 2.85. The lowest BCUT2D eigenvalue weighted by Crippen LogP contribution is -2.43. The normalized spacial score (nSPS) is 15.4. The van der Waals surface area contributed by atoms with Gasteiger partial charge < -0.3 is 4.90 Å². The van der Waals surface area contributed by atoms with Gasteiger partial charge in [-0.15, -0.1) is 0 Å².